The van der Waals surface area contributed by atoms with Crippen molar-refractivity contribution in [2.24, 2.45) is 0 Å². The van der Waals surface area contributed by atoms with E-state index in [4.69, 9.17) is 9.47 Å². The summed E-state index contributed by atoms with van der Waals surface area (Å²) >= 11 is 0. The molecule has 0 spiro atoms. The number of hydrogen-bond donors (Lipinski definition) is 2. The summed E-state index contributed by atoms with van der Waals surface area (Å²) in [6.45, 7) is 10.6. The number of nitrogens with one attached hydrogen (secondary N) is 2. The number of rotatable bonds is 10. The molecule has 0 saturated heterocycles. The maximum absolute atomic E-state index is 13.9. The summed E-state index contributed by atoms with van der Waals surface area (Å²) in [5.74, 6) is 0.767. The van der Waals surface area contributed by atoms with Crippen molar-refractivity contribution in [3.8, 4) is 22.6 Å². The van der Waals surface area contributed by atoms with E-state index in [1.165, 1.54) is 12.1 Å². The number of carbonyl (C=O) groups is 1. The topological polar surface area (TPSA) is 66.1 Å². The highest BCUT2D eigenvalue weighted by atomic mass is 19.1. The number of fused-ring (bicyclic) bond motifs is 1. The normalized spacial score (nSPS) is 13.6. The average Bonchev–Trinajstić information content (AvgIpc) is 2.92. The van der Waals surface area contributed by atoms with Gasteiger partial charge in [-0.05, 0) is 94.9 Å². The Kier molecular flexibility index (Phi) is 9.23. The molecule has 0 fully saturated rings. The highest BCUT2D eigenvalue weighted by Gasteiger charge is 2.25. The van der Waals surface area contributed by atoms with Crippen LogP contribution in [0.4, 0.5) is 20.6 Å². The van der Waals surface area contributed by atoms with Crippen molar-refractivity contribution in [3.63, 3.8) is 0 Å². The lowest BCUT2D eigenvalue weighted by Gasteiger charge is -2.33. The highest BCUT2D eigenvalue weighted by molar-refractivity contribution is 5.87. The van der Waals surface area contributed by atoms with E-state index in [1.807, 2.05) is 38.9 Å². The number of nitrogens with zero attached hydrogens (tertiary/aromatic N) is 2. The van der Waals surface area contributed by atoms with Crippen LogP contribution in [-0.4, -0.2) is 68.8 Å². The van der Waals surface area contributed by atoms with Gasteiger partial charge in [0.1, 0.15) is 17.3 Å². The lowest BCUT2D eigenvalue weighted by Crippen LogP contribution is -2.38. The van der Waals surface area contributed by atoms with Crippen molar-refractivity contribution in [3.05, 3.63) is 77.6 Å². The summed E-state index contributed by atoms with van der Waals surface area (Å²) < 4.78 is 25.3. The Balaban J connectivity index is 1.59. The summed E-state index contributed by atoms with van der Waals surface area (Å²) in [5, 5.41) is 7.02. The lowest BCUT2D eigenvalue weighted by atomic mass is 9.88. The van der Waals surface area contributed by atoms with Gasteiger partial charge in [-0.1, -0.05) is 18.2 Å². The van der Waals surface area contributed by atoms with E-state index in [0.717, 1.165) is 45.7 Å². The summed E-state index contributed by atoms with van der Waals surface area (Å²) in [6, 6.07) is 16.5. The van der Waals surface area contributed by atoms with E-state index in [-0.39, 0.29) is 17.4 Å². The molecule has 0 bridgehead atoms. The Morgan fingerprint density at radius 1 is 1.02 bits per heavy atom. The van der Waals surface area contributed by atoms with Crippen molar-refractivity contribution >= 4 is 23.0 Å². The minimum atomic E-state index is -0.387. The van der Waals surface area contributed by atoms with Crippen LogP contribution in [0.2, 0.25) is 0 Å². The van der Waals surface area contributed by atoms with Gasteiger partial charge in [0.2, 0.25) is 0 Å². The predicted octanol–water partition coefficient (Wildman–Crippen LogP) is 6.89. The molecule has 1 aliphatic heterocycles. The van der Waals surface area contributed by atoms with Gasteiger partial charge in [-0.2, -0.15) is 0 Å². The molecule has 0 atom stereocenters. The van der Waals surface area contributed by atoms with Crippen LogP contribution in [0.25, 0.3) is 16.7 Å². The Morgan fingerprint density at radius 3 is 2.51 bits per heavy atom. The minimum absolute atomic E-state index is 0.245. The van der Waals surface area contributed by atoms with Crippen LogP contribution in [0.1, 0.15) is 31.9 Å². The summed E-state index contributed by atoms with van der Waals surface area (Å²) in [7, 11) is 5.56. The number of ether oxygens (including phenoxy) is 2. The third kappa shape index (κ3) is 7.38. The molecule has 1 heterocycles. The monoisotopic (exact) mass is 560 g/mol. The third-order valence-corrected chi connectivity index (χ3v) is 7.17. The van der Waals surface area contributed by atoms with Gasteiger partial charge in [-0.25, -0.2) is 9.18 Å². The van der Waals surface area contributed by atoms with Gasteiger partial charge in [0.25, 0.3) is 0 Å². The number of amides is 1. The van der Waals surface area contributed by atoms with E-state index in [0.29, 0.717) is 31.1 Å². The van der Waals surface area contributed by atoms with Crippen molar-refractivity contribution in [1.29, 1.82) is 0 Å². The first-order chi connectivity index (χ1) is 19.5. The van der Waals surface area contributed by atoms with E-state index >= 15 is 0 Å². The maximum atomic E-state index is 13.9. The molecule has 3 aromatic carbocycles. The Labute approximate surface area is 242 Å². The van der Waals surface area contributed by atoms with Gasteiger partial charge in [-0.15, -0.1) is 0 Å². The second-order valence-corrected chi connectivity index (χ2v) is 11.2. The molecule has 0 unspecified atom stereocenters. The zero-order valence-corrected chi connectivity index (χ0v) is 25.1. The SMILES string of the molecule is CCN(CCN(C)C)C(=O)Oc1ccc(-c2ccc3c(c2)C(CNc2cc(F)ccc2C)=CC(C)(C)N3)c(OC)c1. The van der Waals surface area contributed by atoms with Crippen molar-refractivity contribution in [2.75, 3.05) is 58.0 Å². The molecule has 0 aliphatic carbocycles. The van der Waals surface area contributed by atoms with Gasteiger partial charge in [-0.3, -0.25) is 0 Å². The van der Waals surface area contributed by atoms with Gasteiger partial charge in [0.05, 0.1) is 12.6 Å². The van der Waals surface area contributed by atoms with Crippen LogP contribution in [0.15, 0.2) is 60.7 Å². The smallest absolute Gasteiger partial charge is 0.415 e. The molecule has 2 N–H and O–H groups in total. The quantitative estimate of drug-likeness (QED) is 0.282. The maximum Gasteiger partial charge on any atom is 0.415 e. The highest BCUT2D eigenvalue weighted by Crippen LogP contribution is 2.40. The number of halogens is 1. The van der Waals surface area contributed by atoms with E-state index in [1.54, 1.807) is 30.2 Å². The number of hydrogen-bond acceptors (Lipinski definition) is 6. The zero-order chi connectivity index (χ0) is 29.7. The summed E-state index contributed by atoms with van der Waals surface area (Å²) in [5.41, 5.74) is 6.55. The molecule has 8 heteroatoms. The number of anilines is 2. The second-order valence-electron chi connectivity index (χ2n) is 11.2. The molecule has 0 radical (unpaired) electrons. The molecule has 7 nitrogen and oxygen atoms in total. The van der Waals surface area contributed by atoms with Gasteiger partial charge in [0, 0.05) is 54.7 Å². The number of likely N-dealkylation sites (N-methyl/N-ethyl adjacent to an activating group) is 2. The molecule has 4 rings (SSSR count). The number of carbonyl (C=O) groups excluding carboxylic acids is 1. The fourth-order valence-corrected chi connectivity index (χ4v) is 4.94. The lowest BCUT2D eigenvalue weighted by molar-refractivity contribution is 0.150. The van der Waals surface area contributed by atoms with Crippen LogP contribution in [-0.2, 0) is 0 Å². The van der Waals surface area contributed by atoms with Gasteiger partial charge in [0.15, 0.2) is 0 Å². The number of benzene rings is 3. The van der Waals surface area contributed by atoms with E-state index in [2.05, 4.69) is 48.8 Å². The number of aryl methyl sites for hydroxylation is 1. The Morgan fingerprint density at radius 2 is 1.80 bits per heavy atom. The Bertz CT molecular complexity index is 1430. The van der Waals surface area contributed by atoms with Crippen molar-refractivity contribution in [2.45, 2.75) is 33.2 Å². The molecular formula is C33H41FN4O3. The first kappa shape index (κ1) is 29.9. The molecule has 0 saturated carbocycles. The number of methoxy groups -OCH3 is 1. The molecule has 0 aromatic heterocycles. The first-order valence-electron chi connectivity index (χ1n) is 13.9. The third-order valence-electron chi connectivity index (χ3n) is 7.17. The van der Waals surface area contributed by atoms with Gasteiger partial charge >= 0.3 is 6.09 Å². The zero-order valence-electron chi connectivity index (χ0n) is 25.1. The molecule has 1 amide bonds. The van der Waals surface area contributed by atoms with Crippen LogP contribution in [0.5, 0.6) is 11.5 Å². The minimum Gasteiger partial charge on any atom is -0.496 e. The fraction of sp³-hybridized carbons (Fsp3) is 0.364. The predicted molar refractivity (Wildman–Crippen MR) is 166 cm³/mol. The Hall–Kier alpha value is -4.04. The molecule has 1 aliphatic rings. The molecule has 3 aromatic rings. The van der Waals surface area contributed by atoms with Gasteiger partial charge < -0.3 is 29.9 Å². The van der Waals surface area contributed by atoms with Crippen LogP contribution in [0.3, 0.4) is 0 Å². The fourth-order valence-electron chi connectivity index (χ4n) is 4.94. The van der Waals surface area contributed by atoms with E-state index in [9.17, 15) is 9.18 Å². The van der Waals surface area contributed by atoms with E-state index < -0.39 is 0 Å². The van der Waals surface area contributed by atoms with Crippen LogP contribution in [0, 0.1) is 12.7 Å². The molecular weight excluding hydrogens is 519 g/mol. The van der Waals surface area contributed by atoms with Crippen LogP contribution >= 0.6 is 0 Å². The largest absolute Gasteiger partial charge is 0.496 e. The van der Waals surface area contributed by atoms with Crippen molar-refractivity contribution < 1.29 is 18.7 Å². The first-order valence-corrected chi connectivity index (χ1v) is 13.9. The summed E-state index contributed by atoms with van der Waals surface area (Å²) in [6.07, 6.45) is 1.82. The molecule has 218 valence electrons. The van der Waals surface area contributed by atoms with Crippen molar-refractivity contribution in [1.82, 2.24) is 9.80 Å². The average molecular weight is 561 g/mol. The standard InChI is InChI=1S/C33H41FN4O3/c1-8-38(16-15-37(5)6)32(39)41-26-12-13-27(31(19-26)40-7)23-10-14-29-28(17-23)24(20-33(3,4)36-29)21-35-30-18-25(34)11-9-22(30)2/h9-14,17-20,35-36H,8,15-16,21H2,1-7H3. The molecule has 41 heavy (non-hydrogen) atoms. The second kappa shape index (κ2) is 12.6. The van der Waals surface area contributed by atoms with Crippen LogP contribution < -0.4 is 20.1 Å². The summed E-state index contributed by atoms with van der Waals surface area (Å²) in [4.78, 5) is 16.5.